The summed E-state index contributed by atoms with van der Waals surface area (Å²) in [6.07, 6.45) is 6.72. The third-order valence-electron chi connectivity index (χ3n) is 3.72. The molecule has 1 amide bonds. The fourth-order valence-electron chi connectivity index (χ4n) is 2.65. The summed E-state index contributed by atoms with van der Waals surface area (Å²) in [6.45, 7) is 4.63. The molecule has 1 aliphatic rings. The maximum absolute atomic E-state index is 11.5. The van der Waals surface area contributed by atoms with Crippen molar-refractivity contribution >= 4 is 6.09 Å². The number of ether oxygens (including phenoxy) is 1. The van der Waals surface area contributed by atoms with Crippen molar-refractivity contribution in [1.29, 1.82) is 0 Å². The number of aryl methyl sites for hydroxylation is 1. The highest BCUT2D eigenvalue weighted by molar-refractivity contribution is 5.67. The van der Waals surface area contributed by atoms with Crippen molar-refractivity contribution in [3.8, 4) is 0 Å². The summed E-state index contributed by atoms with van der Waals surface area (Å²) < 4.78 is 6.73. The summed E-state index contributed by atoms with van der Waals surface area (Å²) in [7, 11) is 1.44. The van der Waals surface area contributed by atoms with E-state index in [4.69, 9.17) is 4.74 Å². The van der Waals surface area contributed by atoms with Gasteiger partial charge in [-0.25, -0.2) is 4.79 Å². The van der Waals surface area contributed by atoms with Gasteiger partial charge in [-0.15, -0.1) is 0 Å². The average Bonchev–Trinajstić information content (AvgIpc) is 2.98. The van der Waals surface area contributed by atoms with E-state index >= 15 is 0 Å². The number of aromatic nitrogens is 2. The lowest BCUT2D eigenvalue weighted by Gasteiger charge is -2.33. The van der Waals surface area contributed by atoms with Crippen molar-refractivity contribution in [1.82, 2.24) is 20.0 Å². The minimum Gasteiger partial charge on any atom is -0.453 e. The number of likely N-dealkylation sites (tertiary alicyclic amines) is 1. The first-order valence-corrected chi connectivity index (χ1v) is 7.25. The monoisotopic (exact) mass is 280 g/mol. The molecule has 112 valence electrons. The van der Waals surface area contributed by atoms with Crippen LogP contribution in [0.15, 0.2) is 18.5 Å². The minimum atomic E-state index is -0.222. The maximum Gasteiger partial charge on any atom is 0.409 e. The number of hydrogen-bond acceptors (Lipinski definition) is 4. The van der Waals surface area contributed by atoms with Crippen molar-refractivity contribution in [3.63, 3.8) is 0 Å². The molecule has 1 saturated heterocycles. The first kappa shape index (κ1) is 14.8. The molecule has 1 aliphatic heterocycles. The molecular weight excluding hydrogens is 256 g/mol. The van der Waals surface area contributed by atoms with Gasteiger partial charge in [-0.1, -0.05) is 0 Å². The number of piperidine rings is 1. The van der Waals surface area contributed by atoms with Crippen LogP contribution in [0.4, 0.5) is 4.79 Å². The normalized spacial score (nSPS) is 20.7. The Morgan fingerprint density at radius 3 is 3.15 bits per heavy atom. The van der Waals surface area contributed by atoms with Crippen LogP contribution in [0.3, 0.4) is 0 Å². The quantitative estimate of drug-likeness (QED) is 0.887. The molecule has 0 unspecified atom stereocenters. The number of nitrogens with zero attached hydrogens (tertiary/aromatic N) is 3. The Hall–Kier alpha value is -1.56. The summed E-state index contributed by atoms with van der Waals surface area (Å²) in [4.78, 5) is 13.3. The van der Waals surface area contributed by atoms with E-state index in [9.17, 15) is 4.79 Å². The fraction of sp³-hybridized carbons (Fsp3) is 0.714. The number of hydrogen-bond donors (Lipinski definition) is 1. The third-order valence-corrected chi connectivity index (χ3v) is 3.72. The van der Waals surface area contributed by atoms with Crippen LogP contribution in [0, 0.1) is 0 Å². The predicted molar refractivity (Wildman–Crippen MR) is 76.4 cm³/mol. The van der Waals surface area contributed by atoms with Gasteiger partial charge in [-0.3, -0.25) is 4.68 Å². The van der Waals surface area contributed by atoms with Crippen molar-refractivity contribution in [2.45, 2.75) is 44.8 Å². The standard InChI is InChI=1S/C14H24N4O2/c1-12(6-10-18-9-4-7-15-18)16-13-5-3-8-17(11-13)14(19)20-2/h4,7,9,12-13,16H,3,5-6,8,10-11H2,1-2H3/t12-,13-/m0/s1. The van der Waals surface area contributed by atoms with Gasteiger partial charge in [0.05, 0.1) is 7.11 Å². The molecule has 2 rings (SSSR count). The number of methoxy groups -OCH3 is 1. The molecular formula is C14H24N4O2. The van der Waals surface area contributed by atoms with Crippen LogP contribution >= 0.6 is 0 Å². The van der Waals surface area contributed by atoms with Gasteiger partial charge in [0.25, 0.3) is 0 Å². The highest BCUT2D eigenvalue weighted by atomic mass is 16.5. The van der Waals surface area contributed by atoms with E-state index < -0.39 is 0 Å². The van der Waals surface area contributed by atoms with Gasteiger partial charge in [0, 0.05) is 44.1 Å². The Balaban J connectivity index is 1.73. The molecule has 0 aromatic carbocycles. The van der Waals surface area contributed by atoms with Gasteiger partial charge < -0.3 is 15.0 Å². The zero-order valence-corrected chi connectivity index (χ0v) is 12.3. The SMILES string of the molecule is COC(=O)N1CCC[C@H](N[C@@H](C)CCn2cccn2)C1. The van der Waals surface area contributed by atoms with E-state index in [-0.39, 0.29) is 6.09 Å². The van der Waals surface area contributed by atoms with Gasteiger partial charge in [0.1, 0.15) is 0 Å². The molecule has 0 radical (unpaired) electrons. The molecule has 0 saturated carbocycles. The summed E-state index contributed by atoms with van der Waals surface area (Å²) in [5.74, 6) is 0. The third kappa shape index (κ3) is 4.23. The highest BCUT2D eigenvalue weighted by Gasteiger charge is 2.24. The summed E-state index contributed by atoms with van der Waals surface area (Å²) >= 11 is 0. The van der Waals surface area contributed by atoms with Crippen LogP contribution in [0.1, 0.15) is 26.2 Å². The van der Waals surface area contributed by atoms with Crippen molar-refractivity contribution < 1.29 is 9.53 Å². The number of nitrogens with one attached hydrogen (secondary N) is 1. The molecule has 0 bridgehead atoms. The molecule has 1 fully saturated rings. The summed E-state index contributed by atoms with van der Waals surface area (Å²) in [5, 5.41) is 7.80. The average molecular weight is 280 g/mol. The highest BCUT2D eigenvalue weighted by Crippen LogP contribution is 2.12. The maximum atomic E-state index is 11.5. The molecule has 6 heteroatoms. The second-order valence-electron chi connectivity index (χ2n) is 5.38. The summed E-state index contributed by atoms with van der Waals surface area (Å²) in [6, 6.07) is 2.70. The number of carbonyl (C=O) groups is 1. The van der Waals surface area contributed by atoms with Gasteiger partial charge in [0.15, 0.2) is 0 Å². The topological polar surface area (TPSA) is 59.4 Å². The Bertz CT molecular complexity index is 407. The van der Waals surface area contributed by atoms with Gasteiger partial charge in [0.2, 0.25) is 0 Å². The largest absolute Gasteiger partial charge is 0.453 e. The molecule has 6 nitrogen and oxygen atoms in total. The summed E-state index contributed by atoms with van der Waals surface area (Å²) in [5.41, 5.74) is 0. The van der Waals surface area contributed by atoms with Crippen LogP contribution < -0.4 is 5.32 Å². The van der Waals surface area contributed by atoms with Crippen molar-refractivity contribution in [2.75, 3.05) is 20.2 Å². The van der Waals surface area contributed by atoms with Gasteiger partial charge >= 0.3 is 6.09 Å². The number of carbonyl (C=O) groups excluding carboxylic acids is 1. The van der Waals surface area contributed by atoms with E-state index in [1.54, 1.807) is 11.1 Å². The van der Waals surface area contributed by atoms with E-state index in [1.807, 2.05) is 16.9 Å². The predicted octanol–water partition coefficient (Wildman–Crippen LogP) is 1.48. The lowest BCUT2D eigenvalue weighted by Crippen LogP contribution is -2.50. The second kappa shape index (κ2) is 7.28. The zero-order chi connectivity index (χ0) is 14.4. The number of rotatable bonds is 5. The first-order valence-electron chi connectivity index (χ1n) is 7.25. The van der Waals surface area contributed by atoms with E-state index in [0.29, 0.717) is 12.1 Å². The Morgan fingerprint density at radius 2 is 2.45 bits per heavy atom. The van der Waals surface area contributed by atoms with Crippen LogP contribution in [0.2, 0.25) is 0 Å². The number of amides is 1. The van der Waals surface area contributed by atoms with Gasteiger partial charge in [-0.2, -0.15) is 5.10 Å². The van der Waals surface area contributed by atoms with Gasteiger partial charge in [-0.05, 0) is 32.3 Å². The molecule has 0 aliphatic carbocycles. The van der Waals surface area contributed by atoms with Crippen molar-refractivity contribution in [3.05, 3.63) is 18.5 Å². The van der Waals surface area contributed by atoms with E-state index in [0.717, 1.165) is 38.9 Å². The molecule has 1 N–H and O–H groups in total. The zero-order valence-electron chi connectivity index (χ0n) is 12.3. The van der Waals surface area contributed by atoms with Crippen LogP contribution in [0.5, 0.6) is 0 Å². The molecule has 20 heavy (non-hydrogen) atoms. The Kier molecular flexibility index (Phi) is 5.40. The Morgan fingerprint density at radius 1 is 1.60 bits per heavy atom. The molecule has 0 spiro atoms. The minimum absolute atomic E-state index is 0.222. The van der Waals surface area contributed by atoms with E-state index in [1.165, 1.54) is 7.11 Å². The molecule has 1 aromatic rings. The van der Waals surface area contributed by atoms with Crippen LogP contribution in [-0.4, -0.2) is 53.1 Å². The second-order valence-corrected chi connectivity index (χ2v) is 5.38. The molecule has 1 aromatic heterocycles. The molecule has 2 atom stereocenters. The van der Waals surface area contributed by atoms with Crippen LogP contribution in [0.25, 0.3) is 0 Å². The lowest BCUT2D eigenvalue weighted by atomic mass is 10.0. The first-order chi connectivity index (χ1) is 9.69. The lowest BCUT2D eigenvalue weighted by molar-refractivity contribution is 0.106. The molecule has 2 heterocycles. The smallest absolute Gasteiger partial charge is 0.409 e. The fourth-order valence-corrected chi connectivity index (χ4v) is 2.65. The van der Waals surface area contributed by atoms with Crippen LogP contribution in [-0.2, 0) is 11.3 Å². The van der Waals surface area contributed by atoms with E-state index in [2.05, 4.69) is 17.3 Å². The Labute approximate surface area is 120 Å². The van der Waals surface area contributed by atoms with Crippen molar-refractivity contribution in [2.24, 2.45) is 0 Å².